The molecule has 0 saturated carbocycles. The zero-order chi connectivity index (χ0) is 11.7. The van der Waals surface area contributed by atoms with Crippen molar-refractivity contribution in [2.24, 2.45) is 5.41 Å². The second-order valence-corrected chi connectivity index (χ2v) is 5.42. The topological polar surface area (TPSA) is 30.5 Å². The molecule has 3 rings (SSSR count). The van der Waals surface area contributed by atoms with Crippen molar-refractivity contribution < 1.29 is 9.47 Å². The van der Waals surface area contributed by atoms with E-state index in [1.54, 1.807) is 0 Å². The van der Waals surface area contributed by atoms with Gasteiger partial charge in [0.2, 0.25) is 0 Å². The van der Waals surface area contributed by atoms with Gasteiger partial charge < -0.3 is 14.8 Å². The van der Waals surface area contributed by atoms with Crippen LogP contribution in [0.4, 0.5) is 0 Å². The Morgan fingerprint density at radius 3 is 2.65 bits per heavy atom. The van der Waals surface area contributed by atoms with Crippen molar-refractivity contribution in [1.82, 2.24) is 5.32 Å². The van der Waals surface area contributed by atoms with E-state index in [2.05, 4.69) is 24.4 Å². The monoisotopic (exact) mass is 233 g/mol. The quantitative estimate of drug-likeness (QED) is 0.847. The number of hydrogen-bond donors (Lipinski definition) is 1. The molecule has 0 radical (unpaired) electrons. The molecule has 1 N–H and O–H groups in total. The van der Waals surface area contributed by atoms with Gasteiger partial charge in [0.1, 0.15) is 0 Å². The number of ether oxygens (including phenoxy) is 2. The van der Waals surface area contributed by atoms with Gasteiger partial charge in [-0.1, -0.05) is 13.0 Å². The maximum Gasteiger partial charge on any atom is 0.161 e. The van der Waals surface area contributed by atoms with Crippen molar-refractivity contribution in [2.45, 2.75) is 19.8 Å². The van der Waals surface area contributed by atoms with E-state index in [-0.39, 0.29) is 0 Å². The van der Waals surface area contributed by atoms with Crippen LogP contribution < -0.4 is 14.8 Å². The van der Waals surface area contributed by atoms with Crippen molar-refractivity contribution >= 4 is 0 Å². The molecule has 0 bridgehead atoms. The fraction of sp³-hybridized carbons (Fsp3) is 0.571. The molecule has 1 fully saturated rings. The molecule has 1 aromatic carbocycles. The van der Waals surface area contributed by atoms with Crippen LogP contribution in [0.25, 0.3) is 0 Å². The van der Waals surface area contributed by atoms with Crippen LogP contribution in [-0.2, 0) is 6.42 Å². The first-order valence-electron chi connectivity index (χ1n) is 6.34. The summed E-state index contributed by atoms with van der Waals surface area (Å²) < 4.78 is 11.4. The number of fused-ring (bicyclic) bond motifs is 1. The third-order valence-corrected chi connectivity index (χ3v) is 3.55. The van der Waals surface area contributed by atoms with Gasteiger partial charge in [0, 0.05) is 19.5 Å². The Hall–Kier alpha value is -1.22. The molecule has 0 unspecified atom stereocenters. The Morgan fingerprint density at radius 1 is 1.18 bits per heavy atom. The normalized spacial score (nSPS) is 21.5. The van der Waals surface area contributed by atoms with E-state index >= 15 is 0 Å². The third kappa shape index (κ3) is 2.25. The molecule has 3 nitrogen and oxygen atoms in total. The van der Waals surface area contributed by atoms with Crippen LogP contribution in [0.2, 0.25) is 0 Å². The largest absolute Gasteiger partial charge is 0.490 e. The van der Waals surface area contributed by atoms with Crippen molar-refractivity contribution in [3.8, 4) is 11.5 Å². The SMILES string of the molecule is CC1(Cc2ccc3c(c2)OCCCO3)CNC1. The molecule has 1 aromatic rings. The lowest BCUT2D eigenvalue weighted by atomic mass is 9.78. The van der Waals surface area contributed by atoms with Gasteiger partial charge in [-0.15, -0.1) is 0 Å². The molecule has 0 spiro atoms. The van der Waals surface area contributed by atoms with Gasteiger partial charge in [0.05, 0.1) is 13.2 Å². The smallest absolute Gasteiger partial charge is 0.161 e. The summed E-state index contributed by atoms with van der Waals surface area (Å²) in [5, 5.41) is 3.34. The highest BCUT2D eigenvalue weighted by Crippen LogP contribution is 2.33. The second-order valence-electron chi connectivity index (χ2n) is 5.42. The van der Waals surface area contributed by atoms with E-state index in [1.807, 2.05) is 6.07 Å². The molecule has 1 saturated heterocycles. The zero-order valence-electron chi connectivity index (χ0n) is 10.3. The summed E-state index contributed by atoms with van der Waals surface area (Å²) in [6.07, 6.45) is 2.07. The van der Waals surface area contributed by atoms with Crippen molar-refractivity contribution in [3.05, 3.63) is 23.8 Å². The first kappa shape index (κ1) is 10.9. The number of rotatable bonds is 2. The summed E-state index contributed by atoms with van der Waals surface area (Å²) >= 11 is 0. The maximum atomic E-state index is 5.71. The predicted octanol–water partition coefficient (Wildman–Crippen LogP) is 2.00. The van der Waals surface area contributed by atoms with E-state index < -0.39 is 0 Å². The highest BCUT2D eigenvalue weighted by molar-refractivity contribution is 5.43. The molecule has 0 atom stereocenters. The molecule has 2 heterocycles. The summed E-state index contributed by atoms with van der Waals surface area (Å²) in [6, 6.07) is 6.35. The molecular weight excluding hydrogens is 214 g/mol. The Bertz CT molecular complexity index is 413. The summed E-state index contributed by atoms with van der Waals surface area (Å²) in [7, 11) is 0. The molecular formula is C14H19NO2. The Kier molecular flexibility index (Phi) is 2.71. The highest BCUT2D eigenvalue weighted by atomic mass is 16.5. The molecule has 2 aliphatic heterocycles. The first-order chi connectivity index (χ1) is 8.25. The van der Waals surface area contributed by atoms with Gasteiger partial charge in [-0.3, -0.25) is 0 Å². The van der Waals surface area contributed by atoms with Gasteiger partial charge in [-0.2, -0.15) is 0 Å². The van der Waals surface area contributed by atoms with Gasteiger partial charge in [-0.25, -0.2) is 0 Å². The molecule has 17 heavy (non-hydrogen) atoms. The number of benzene rings is 1. The summed E-state index contributed by atoms with van der Waals surface area (Å²) in [4.78, 5) is 0. The highest BCUT2D eigenvalue weighted by Gasteiger charge is 2.31. The summed E-state index contributed by atoms with van der Waals surface area (Å²) in [5.41, 5.74) is 1.76. The zero-order valence-corrected chi connectivity index (χ0v) is 10.3. The molecule has 2 aliphatic rings. The van der Waals surface area contributed by atoms with E-state index in [4.69, 9.17) is 9.47 Å². The summed E-state index contributed by atoms with van der Waals surface area (Å²) in [5.74, 6) is 1.80. The number of hydrogen-bond acceptors (Lipinski definition) is 3. The predicted molar refractivity (Wildman–Crippen MR) is 66.7 cm³/mol. The Balaban J connectivity index is 1.79. The minimum absolute atomic E-state index is 0.416. The average molecular weight is 233 g/mol. The van der Waals surface area contributed by atoms with Crippen LogP contribution in [0.5, 0.6) is 11.5 Å². The van der Waals surface area contributed by atoms with Crippen molar-refractivity contribution in [3.63, 3.8) is 0 Å². The molecule has 3 heteroatoms. The molecule has 92 valence electrons. The lowest BCUT2D eigenvalue weighted by Gasteiger charge is -2.39. The molecule has 0 amide bonds. The lowest BCUT2D eigenvalue weighted by Crippen LogP contribution is -2.52. The van der Waals surface area contributed by atoms with Gasteiger partial charge >= 0.3 is 0 Å². The van der Waals surface area contributed by atoms with E-state index in [0.717, 1.165) is 50.6 Å². The van der Waals surface area contributed by atoms with Gasteiger partial charge in [0.15, 0.2) is 11.5 Å². The molecule has 0 aliphatic carbocycles. The average Bonchev–Trinajstić information content (AvgIpc) is 2.51. The van der Waals surface area contributed by atoms with Crippen LogP contribution >= 0.6 is 0 Å². The Labute approximate surface area is 102 Å². The van der Waals surface area contributed by atoms with Crippen LogP contribution in [0, 0.1) is 5.41 Å². The van der Waals surface area contributed by atoms with Crippen LogP contribution in [-0.4, -0.2) is 26.3 Å². The summed E-state index contributed by atoms with van der Waals surface area (Å²) in [6.45, 7) is 6.07. The van der Waals surface area contributed by atoms with E-state index in [1.165, 1.54) is 5.56 Å². The lowest BCUT2D eigenvalue weighted by molar-refractivity contribution is 0.195. The fourth-order valence-corrected chi connectivity index (χ4v) is 2.49. The minimum atomic E-state index is 0.416. The third-order valence-electron chi connectivity index (χ3n) is 3.55. The van der Waals surface area contributed by atoms with E-state index in [0.29, 0.717) is 5.41 Å². The molecule has 0 aromatic heterocycles. The standard InChI is InChI=1S/C14H19NO2/c1-14(9-15-10-14)8-11-3-4-12-13(7-11)17-6-2-5-16-12/h3-4,7,15H,2,5-6,8-10H2,1H3. The van der Waals surface area contributed by atoms with Crippen LogP contribution in [0.15, 0.2) is 18.2 Å². The van der Waals surface area contributed by atoms with Crippen molar-refractivity contribution in [1.29, 1.82) is 0 Å². The fourth-order valence-electron chi connectivity index (χ4n) is 2.49. The van der Waals surface area contributed by atoms with Crippen LogP contribution in [0.3, 0.4) is 0 Å². The van der Waals surface area contributed by atoms with Gasteiger partial charge in [-0.05, 0) is 29.5 Å². The van der Waals surface area contributed by atoms with Gasteiger partial charge in [0.25, 0.3) is 0 Å². The number of nitrogens with one attached hydrogen (secondary N) is 1. The first-order valence-corrected chi connectivity index (χ1v) is 6.34. The van der Waals surface area contributed by atoms with Crippen molar-refractivity contribution in [2.75, 3.05) is 26.3 Å². The Morgan fingerprint density at radius 2 is 1.94 bits per heavy atom. The second kappa shape index (κ2) is 4.22. The van der Waals surface area contributed by atoms with E-state index in [9.17, 15) is 0 Å². The van der Waals surface area contributed by atoms with Crippen LogP contribution in [0.1, 0.15) is 18.9 Å². The maximum absolute atomic E-state index is 5.71. The minimum Gasteiger partial charge on any atom is -0.490 e.